The number of nitro groups is 1. The molecule has 21 heavy (non-hydrogen) atoms. The summed E-state index contributed by atoms with van der Waals surface area (Å²) in [5.74, 6) is -0.414. The number of H-pyrrole nitrogens is 1. The zero-order valence-electron chi connectivity index (χ0n) is 11.7. The normalized spacial score (nSPS) is 11.1. The summed E-state index contributed by atoms with van der Waals surface area (Å²) in [4.78, 5) is 24.8. The molecule has 0 aliphatic rings. The lowest BCUT2D eigenvalue weighted by atomic mass is 10.1. The van der Waals surface area contributed by atoms with Gasteiger partial charge in [-0.05, 0) is 18.6 Å². The van der Waals surface area contributed by atoms with E-state index >= 15 is 0 Å². The first-order chi connectivity index (χ1) is 10.1. The maximum atomic E-state index is 11.5. The van der Waals surface area contributed by atoms with Crippen molar-refractivity contribution in [1.29, 1.82) is 0 Å². The van der Waals surface area contributed by atoms with E-state index in [1.165, 1.54) is 18.2 Å². The molecule has 0 unspecified atom stereocenters. The van der Waals surface area contributed by atoms with Gasteiger partial charge in [-0.25, -0.2) is 4.79 Å². The highest BCUT2D eigenvalue weighted by atomic mass is 16.6. The molecular formula is C15H16N2O4. The van der Waals surface area contributed by atoms with Crippen molar-refractivity contribution >= 4 is 28.6 Å². The number of nitrogens with one attached hydrogen (secondary N) is 1. The van der Waals surface area contributed by atoms with Crippen molar-refractivity contribution in [3.8, 4) is 0 Å². The number of benzene rings is 1. The van der Waals surface area contributed by atoms with Crippen molar-refractivity contribution < 1.29 is 14.5 Å². The number of hydrogen-bond acceptors (Lipinski definition) is 4. The summed E-state index contributed by atoms with van der Waals surface area (Å²) in [6.07, 6.45) is 6.42. The summed E-state index contributed by atoms with van der Waals surface area (Å²) in [5.41, 5.74) is 1.50. The van der Waals surface area contributed by atoms with Gasteiger partial charge in [0.1, 0.15) is 0 Å². The van der Waals surface area contributed by atoms with Gasteiger partial charge in [-0.3, -0.25) is 10.1 Å². The minimum atomic E-state index is -0.445. The standard InChI is InChI=1S/C15H16N2O4/c1-2-3-8-21-15(18)7-4-11-10-16-14-6-5-12(17(19)20)9-13(11)14/h4-7,9-10,16H,2-3,8H2,1H3/b7-4+. The summed E-state index contributed by atoms with van der Waals surface area (Å²) in [7, 11) is 0. The van der Waals surface area contributed by atoms with Gasteiger partial charge in [0, 0.05) is 40.9 Å². The van der Waals surface area contributed by atoms with E-state index in [1.807, 2.05) is 6.92 Å². The maximum absolute atomic E-state index is 11.5. The number of aromatic nitrogens is 1. The highest BCUT2D eigenvalue weighted by Crippen LogP contribution is 2.24. The van der Waals surface area contributed by atoms with E-state index < -0.39 is 10.9 Å². The number of carbonyl (C=O) groups excluding carboxylic acids is 1. The van der Waals surface area contributed by atoms with Crippen LogP contribution in [0.4, 0.5) is 5.69 Å². The highest BCUT2D eigenvalue weighted by Gasteiger charge is 2.09. The number of ether oxygens (including phenoxy) is 1. The van der Waals surface area contributed by atoms with Gasteiger partial charge in [-0.2, -0.15) is 0 Å². The minimum absolute atomic E-state index is 0.0160. The third-order valence-electron chi connectivity index (χ3n) is 3.05. The molecule has 6 nitrogen and oxygen atoms in total. The highest BCUT2D eigenvalue weighted by molar-refractivity contribution is 5.94. The summed E-state index contributed by atoms with van der Waals surface area (Å²) < 4.78 is 5.01. The quantitative estimate of drug-likeness (QED) is 0.290. The van der Waals surface area contributed by atoms with Gasteiger partial charge in [0.05, 0.1) is 11.5 Å². The van der Waals surface area contributed by atoms with Gasteiger partial charge in [0.2, 0.25) is 0 Å². The van der Waals surface area contributed by atoms with Crippen LogP contribution in [0.1, 0.15) is 25.3 Å². The smallest absolute Gasteiger partial charge is 0.330 e. The largest absolute Gasteiger partial charge is 0.463 e. The molecule has 0 saturated heterocycles. The van der Waals surface area contributed by atoms with Gasteiger partial charge in [-0.15, -0.1) is 0 Å². The van der Waals surface area contributed by atoms with Crippen molar-refractivity contribution in [2.75, 3.05) is 6.61 Å². The van der Waals surface area contributed by atoms with Crippen LogP contribution >= 0.6 is 0 Å². The molecule has 1 heterocycles. The van der Waals surface area contributed by atoms with E-state index in [4.69, 9.17) is 4.74 Å². The van der Waals surface area contributed by atoms with E-state index in [9.17, 15) is 14.9 Å². The number of carbonyl (C=O) groups is 1. The Hall–Kier alpha value is -2.63. The van der Waals surface area contributed by atoms with Crippen molar-refractivity contribution in [2.24, 2.45) is 0 Å². The topological polar surface area (TPSA) is 85.2 Å². The fraction of sp³-hybridized carbons (Fsp3) is 0.267. The molecule has 0 spiro atoms. The lowest BCUT2D eigenvalue weighted by molar-refractivity contribution is -0.384. The lowest BCUT2D eigenvalue weighted by Gasteiger charge is -1.98. The van der Waals surface area contributed by atoms with Gasteiger partial charge >= 0.3 is 5.97 Å². The Morgan fingerprint density at radius 1 is 1.48 bits per heavy atom. The second kappa shape index (κ2) is 6.69. The molecule has 0 atom stereocenters. The number of fused-ring (bicyclic) bond motifs is 1. The molecule has 1 N–H and O–H groups in total. The number of unbranched alkanes of at least 4 members (excludes halogenated alkanes) is 1. The molecular weight excluding hydrogens is 272 g/mol. The van der Waals surface area contributed by atoms with Crippen LogP contribution in [0.25, 0.3) is 17.0 Å². The third-order valence-corrected chi connectivity index (χ3v) is 3.05. The molecule has 0 aliphatic heterocycles. The fourth-order valence-corrected chi connectivity index (χ4v) is 1.90. The Bertz CT molecular complexity index is 688. The summed E-state index contributed by atoms with van der Waals surface area (Å²) in [6, 6.07) is 4.56. The van der Waals surface area contributed by atoms with Crippen LogP contribution in [-0.2, 0) is 9.53 Å². The molecule has 2 aromatic rings. The van der Waals surface area contributed by atoms with Crippen LogP contribution in [0.5, 0.6) is 0 Å². The number of esters is 1. The molecule has 110 valence electrons. The van der Waals surface area contributed by atoms with E-state index in [0.29, 0.717) is 17.6 Å². The Morgan fingerprint density at radius 2 is 2.29 bits per heavy atom. The molecule has 1 aromatic carbocycles. The van der Waals surface area contributed by atoms with Crippen molar-refractivity contribution in [1.82, 2.24) is 4.98 Å². The van der Waals surface area contributed by atoms with E-state index in [-0.39, 0.29) is 5.69 Å². The predicted octanol–water partition coefficient (Wildman–Crippen LogP) is 3.43. The molecule has 0 amide bonds. The van der Waals surface area contributed by atoms with E-state index in [0.717, 1.165) is 18.4 Å². The molecule has 0 radical (unpaired) electrons. The average molecular weight is 288 g/mol. The first-order valence-electron chi connectivity index (χ1n) is 6.72. The summed E-state index contributed by atoms with van der Waals surface area (Å²) in [5, 5.41) is 11.5. The molecule has 0 fully saturated rings. The number of rotatable bonds is 6. The fourth-order valence-electron chi connectivity index (χ4n) is 1.90. The summed E-state index contributed by atoms with van der Waals surface area (Å²) in [6.45, 7) is 2.42. The van der Waals surface area contributed by atoms with Crippen molar-refractivity contribution in [3.05, 3.63) is 46.1 Å². The van der Waals surface area contributed by atoms with Gasteiger partial charge in [0.25, 0.3) is 5.69 Å². The number of nitro benzene ring substituents is 1. The second-order valence-electron chi connectivity index (χ2n) is 4.59. The molecule has 0 bridgehead atoms. The Morgan fingerprint density at radius 3 is 3.00 bits per heavy atom. The van der Waals surface area contributed by atoms with E-state index in [1.54, 1.807) is 18.3 Å². The van der Waals surface area contributed by atoms with Gasteiger partial charge in [0.15, 0.2) is 0 Å². The molecule has 0 saturated carbocycles. The number of nitrogens with zero attached hydrogens (tertiary/aromatic N) is 1. The lowest BCUT2D eigenvalue weighted by Crippen LogP contribution is -2.01. The van der Waals surface area contributed by atoms with Crippen LogP contribution in [-0.4, -0.2) is 22.5 Å². The minimum Gasteiger partial charge on any atom is -0.463 e. The van der Waals surface area contributed by atoms with Crippen LogP contribution in [0.2, 0.25) is 0 Å². The molecule has 6 heteroatoms. The number of aromatic amines is 1. The zero-order valence-corrected chi connectivity index (χ0v) is 11.7. The van der Waals surface area contributed by atoms with E-state index in [2.05, 4.69) is 4.98 Å². The third kappa shape index (κ3) is 3.68. The SMILES string of the molecule is CCCCOC(=O)/C=C/c1c[nH]c2ccc([N+](=O)[O-])cc12. The molecule has 0 aliphatic carbocycles. The average Bonchev–Trinajstić information content (AvgIpc) is 2.87. The van der Waals surface area contributed by atoms with Crippen LogP contribution in [0, 0.1) is 10.1 Å². The summed E-state index contributed by atoms with van der Waals surface area (Å²) >= 11 is 0. The van der Waals surface area contributed by atoms with Crippen LogP contribution in [0.3, 0.4) is 0 Å². The molecule has 1 aromatic heterocycles. The van der Waals surface area contributed by atoms with Gasteiger partial charge < -0.3 is 9.72 Å². The van der Waals surface area contributed by atoms with Crippen molar-refractivity contribution in [2.45, 2.75) is 19.8 Å². The Labute approximate surface area is 121 Å². The first kappa shape index (κ1) is 14.8. The molecule has 2 rings (SSSR count). The Balaban J connectivity index is 2.16. The number of hydrogen-bond donors (Lipinski definition) is 1. The van der Waals surface area contributed by atoms with Crippen LogP contribution < -0.4 is 0 Å². The Kier molecular flexibility index (Phi) is 4.71. The number of non-ortho nitro benzene ring substituents is 1. The van der Waals surface area contributed by atoms with Crippen LogP contribution in [0.15, 0.2) is 30.5 Å². The zero-order chi connectivity index (χ0) is 15.2. The second-order valence-corrected chi connectivity index (χ2v) is 4.59. The maximum Gasteiger partial charge on any atom is 0.330 e. The monoisotopic (exact) mass is 288 g/mol. The first-order valence-corrected chi connectivity index (χ1v) is 6.72. The van der Waals surface area contributed by atoms with Crippen molar-refractivity contribution in [3.63, 3.8) is 0 Å². The predicted molar refractivity (Wildman–Crippen MR) is 79.9 cm³/mol. The van der Waals surface area contributed by atoms with Gasteiger partial charge in [-0.1, -0.05) is 13.3 Å².